The number of phenols is 1. The van der Waals surface area contributed by atoms with E-state index in [1.165, 1.54) is 42.4 Å². The van der Waals surface area contributed by atoms with Crippen LogP contribution in [0, 0.1) is 22.7 Å². The van der Waals surface area contributed by atoms with Gasteiger partial charge in [-0.15, -0.1) is 0 Å². The Kier molecular flexibility index (Phi) is 8.89. The molecule has 3 N–H and O–H groups in total. The molecular weight excluding hydrogens is 604 g/mol. The summed E-state index contributed by atoms with van der Waals surface area (Å²) in [5.41, 5.74) is 6.61. The van der Waals surface area contributed by atoms with Crippen LogP contribution in [-0.2, 0) is 17.6 Å². The molecule has 4 aliphatic rings. The van der Waals surface area contributed by atoms with E-state index in [2.05, 4.69) is 64.4 Å². The van der Waals surface area contributed by atoms with Crippen LogP contribution in [0.3, 0.4) is 0 Å². The third-order valence-electron chi connectivity index (χ3n) is 12.5. The van der Waals surface area contributed by atoms with Crippen molar-refractivity contribution in [2.24, 2.45) is 22.7 Å². The number of benzene rings is 2. The predicted molar refractivity (Wildman–Crippen MR) is 201 cm³/mol. The minimum atomic E-state index is -2.10. The molecule has 49 heavy (non-hydrogen) atoms. The number of carbonyl (C=O) groups is 1. The fourth-order valence-electron chi connectivity index (χ4n) is 10.2. The molecule has 0 spiro atoms. The molecule has 0 amide bonds. The second-order valence-corrected chi connectivity index (χ2v) is 16.4. The summed E-state index contributed by atoms with van der Waals surface area (Å²) >= 11 is 0. The lowest BCUT2D eigenvalue weighted by Crippen LogP contribution is -2.62. The SMILES string of the molecule is C=C(Cc1ccc(-c2ccc(O)c3c2C[C@]2(C)C[C@]4(C)CC(C)=C(C(=C)C)C(=O)[C@]4(O)C(O)=C2C3=C)cc1)CC1CCC(C(=C)CC)CC1. The minimum absolute atomic E-state index is 0.0701. The van der Waals surface area contributed by atoms with Gasteiger partial charge in [-0.2, -0.15) is 0 Å². The quantitative estimate of drug-likeness (QED) is 0.247. The third kappa shape index (κ3) is 5.61. The van der Waals surface area contributed by atoms with Crippen molar-refractivity contribution in [1.29, 1.82) is 0 Å². The van der Waals surface area contributed by atoms with Crippen molar-refractivity contribution >= 4 is 11.4 Å². The molecule has 1 saturated carbocycles. The van der Waals surface area contributed by atoms with Crippen LogP contribution in [0.15, 0.2) is 102 Å². The summed E-state index contributed by atoms with van der Waals surface area (Å²) in [7, 11) is 0. The minimum Gasteiger partial charge on any atom is -0.508 e. The molecule has 258 valence electrons. The molecule has 0 radical (unpaired) electrons. The molecule has 0 saturated heterocycles. The fourth-order valence-corrected chi connectivity index (χ4v) is 10.2. The van der Waals surface area contributed by atoms with Crippen molar-refractivity contribution in [2.75, 3.05) is 0 Å². The van der Waals surface area contributed by atoms with Crippen LogP contribution in [0.1, 0.15) is 103 Å². The molecule has 0 aromatic heterocycles. The van der Waals surface area contributed by atoms with E-state index >= 15 is 0 Å². The van der Waals surface area contributed by atoms with Gasteiger partial charge in [0.25, 0.3) is 0 Å². The molecule has 3 atom stereocenters. The fraction of sp³-hybridized carbons (Fsp3) is 0.444. The Bertz CT molecular complexity index is 1840. The number of fused-ring (bicyclic) bond motifs is 3. The first-order valence-corrected chi connectivity index (χ1v) is 18.1. The van der Waals surface area contributed by atoms with Crippen molar-refractivity contribution in [2.45, 2.75) is 104 Å². The van der Waals surface area contributed by atoms with Crippen molar-refractivity contribution < 1.29 is 20.1 Å². The summed E-state index contributed by atoms with van der Waals surface area (Å²) in [4.78, 5) is 14.0. The number of aromatic hydroxyl groups is 1. The first-order chi connectivity index (χ1) is 23.0. The molecule has 0 unspecified atom stereocenters. The van der Waals surface area contributed by atoms with Gasteiger partial charge >= 0.3 is 0 Å². The average Bonchev–Trinajstić information content (AvgIpc) is 3.03. The summed E-state index contributed by atoms with van der Waals surface area (Å²) in [5, 5.41) is 35.4. The summed E-state index contributed by atoms with van der Waals surface area (Å²) in [6.07, 6.45) is 9.48. The Balaban J connectivity index is 1.27. The molecule has 0 heterocycles. The Labute approximate surface area is 293 Å². The van der Waals surface area contributed by atoms with E-state index < -0.39 is 22.2 Å². The number of Topliss-reactive ketones (excluding diaryl/α,β-unsaturated/α-hetero) is 1. The second kappa shape index (κ2) is 12.5. The summed E-state index contributed by atoms with van der Waals surface area (Å²) in [5.74, 6) is 0.619. The van der Waals surface area contributed by atoms with Gasteiger partial charge in [0.2, 0.25) is 5.78 Å². The van der Waals surface area contributed by atoms with Gasteiger partial charge in [0, 0.05) is 27.5 Å². The molecule has 6 rings (SSSR count). The summed E-state index contributed by atoms with van der Waals surface area (Å²) in [6.45, 7) is 27.0. The van der Waals surface area contributed by atoms with Crippen molar-refractivity contribution in [3.05, 3.63) is 119 Å². The lowest BCUT2D eigenvalue weighted by molar-refractivity contribution is -0.156. The van der Waals surface area contributed by atoms with Gasteiger partial charge in [0.1, 0.15) is 11.5 Å². The Hall–Kier alpha value is -3.89. The highest BCUT2D eigenvalue weighted by Crippen LogP contribution is 2.65. The van der Waals surface area contributed by atoms with E-state index in [9.17, 15) is 20.1 Å². The van der Waals surface area contributed by atoms with E-state index in [1.54, 1.807) is 13.0 Å². The number of allylic oxidation sites excluding steroid dienone is 6. The van der Waals surface area contributed by atoms with Crippen LogP contribution >= 0.6 is 0 Å². The summed E-state index contributed by atoms with van der Waals surface area (Å²) < 4.78 is 0. The van der Waals surface area contributed by atoms with Crippen LogP contribution in [0.5, 0.6) is 5.75 Å². The lowest BCUT2D eigenvalue weighted by Gasteiger charge is -2.57. The van der Waals surface area contributed by atoms with E-state index in [0.29, 0.717) is 59.0 Å². The van der Waals surface area contributed by atoms with E-state index in [-0.39, 0.29) is 11.5 Å². The highest BCUT2D eigenvalue weighted by atomic mass is 16.3. The lowest BCUT2D eigenvalue weighted by atomic mass is 9.47. The number of hydrogen-bond donors (Lipinski definition) is 3. The van der Waals surface area contributed by atoms with Gasteiger partial charge in [-0.1, -0.05) is 94.1 Å². The molecular formula is C45H54O4. The maximum atomic E-state index is 14.0. The van der Waals surface area contributed by atoms with Crippen LogP contribution in [0.25, 0.3) is 16.7 Å². The van der Waals surface area contributed by atoms with Gasteiger partial charge < -0.3 is 15.3 Å². The molecule has 1 fully saturated rings. The van der Waals surface area contributed by atoms with Crippen LogP contribution in [-0.4, -0.2) is 26.7 Å². The zero-order valence-corrected chi connectivity index (χ0v) is 30.3. The maximum Gasteiger partial charge on any atom is 0.202 e. The maximum absolute atomic E-state index is 14.0. The van der Waals surface area contributed by atoms with E-state index in [1.807, 2.05) is 19.9 Å². The Morgan fingerprint density at radius 2 is 1.61 bits per heavy atom. The first-order valence-electron chi connectivity index (χ1n) is 18.1. The van der Waals surface area contributed by atoms with E-state index in [4.69, 9.17) is 0 Å². The zero-order valence-electron chi connectivity index (χ0n) is 30.3. The van der Waals surface area contributed by atoms with E-state index in [0.717, 1.165) is 41.5 Å². The smallest absolute Gasteiger partial charge is 0.202 e. The number of ketones is 1. The van der Waals surface area contributed by atoms with Crippen LogP contribution in [0.4, 0.5) is 0 Å². The Morgan fingerprint density at radius 1 is 0.959 bits per heavy atom. The van der Waals surface area contributed by atoms with Crippen molar-refractivity contribution in [1.82, 2.24) is 0 Å². The highest BCUT2D eigenvalue weighted by molar-refractivity contribution is 6.10. The average molecular weight is 659 g/mol. The number of aliphatic hydroxyl groups excluding tert-OH is 1. The molecule has 0 bridgehead atoms. The van der Waals surface area contributed by atoms with Gasteiger partial charge in [-0.3, -0.25) is 4.79 Å². The van der Waals surface area contributed by atoms with Crippen molar-refractivity contribution in [3.63, 3.8) is 0 Å². The standard InChI is InChI=1S/C45H54O4/c1-10-28(5)33-15-11-31(12-16-33)21-27(4)22-32-13-17-34(18-14-32)35-19-20-37(46)39-30(7)40-42(48)45(49)41(47)38(26(2)3)29(6)23-44(45,9)25-43(40,8)24-36(35)39/h13-14,17-20,31,33,46,48-49H,2,4-5,7,10-12,15-16,21-25H2,1,3,6,8-9H3/t31?,33?,43-,44+,45+/m1/s1. The third-order valence-corrected chi connectivity index (χ3v) is 12.5. The Morgan fingerprint density at radius 3 is 2.22 bits per heavy atom. The largest absolute Gasteiger partial charge is 0.508 e. The molecule has 2 aromatic rings. The number of aliphatic hydroxyl groups is 2. The monoisotopic (exact) mass is 658 g/mol. The zero-order chi connectivity index (χ0) is 35.6. The van der Waals surface area contributed by atoms with Gasteiger partial charge in [-0.05, 0) is 129 Å². The molecule has 2 aromatic carbocycles. The molecule has 0 aliphatic heterocycles. The topological polar surface area (TPSA) is 77.8 Å². The number of carbonyl (C=O) groups excluding carboxylic acids is 1. The number of rotatable bonds is 8. The van der Waals surface area contributed by atoms with Crippen molar-refractivity contribution in [3.8, 4) is 16.9 Å². The van der Waals surface area contributed by atoms with Crippen LogP contribution in [0.2, 0.25) is 0 Å². The molecule has 4 aliphatic carbocycles. The van der Waals surface area contributed by atoms with Gasteiger partial charge in [0.15, 0.2) is 5.60 Å². The van der Waals surface area contributed by atoms with Crippen LogP contribution < -0.4 is 0 Å². The summed E-state index contributed by atoms with van der Waals surface area (Å²) in [6, 6.07) is 12.3. The van der Waals surface area contributed by atoms with Gasteiger partial charge in [-0.25, -0.2) is 0 Å². The van der Waals surface area contributed by atoms with Gasteiger partial charge in [0.05, 0.1) is 0 Å². The molecule has 4 nitrogen and oxygen atoms in total. The number of hydrogen-bond acceptors (Lipinski definition) is 4. The predicted octanol–water partition coefficient (Wildman–Crippen LogP) is 10.7. The number of phenolic OH excluding ortho intramolecular Hbond substituents is 1. The second-order valence-electron chi connectivity index (χ2n) is 16.4. The normalized spacial score (nSPS) is 29.7. The highest BCUT2D eigenvalue weighted by Gasteiger charge is 2.66. The molecule has 4 heteroatoms. The first kappa shape index (κ1) is 35.0.